The third kappa shape index (κ3) is 1.42. The zero-order chi connectivity index (χ0) is 10.9. The topological polar surface area (TPSA) is 59.0 Å². The number of nitrogens with two attached hydrogens (primary N) is 1. The molecule has 0 aliphatic heterocycles. The van der Waals surface area contributed by atoms with Gasteiger partial charge in [-0.3, -0.25) is 0 Å². The van der Waals surface area contributed by atoms with Crippen molar-refractivity contribution in [1.29, 1.82) is 5.26 Å². The Morgan fingerprint density at radius 3 is 2.57 bits per heavy atom. The van der Waals surface area contributed by atoms with E-state index in [1.165, 1.54) is 7.11 Å². The fourth-order valence-corrected chi connectivity index (χ4v) is 1.56. The van der Waals surface area contributed by atoms with Gasteiger partial charge in [-0.2, -0.15) is 5.26 Å². The van der Waals surface area contributed by atoms with Crippen molar-refractivity contribution in [2.45, 2.75) is 6.92 Å². The molecule has 0 radical (unpaired) electrons. The second-order valence-corrected chi connectivity index (χ2v) is 3.48. The van der Waals surface area contributed by atoms with E-state index in [0.29, 0.717) is 5.56 Å². The van der Waals surface area contributed by atoms with Crippen LogP contribution in [-0.2, 0) is 0 Å². The minimum atomic E-state index is -0.599. The van der Waals surface area contributed by atoms with Crippen LogP contribution in [0.2, 0.25) is 0 Å². The van der Waals surface area contributed by atoms with Gasteiger partial charge in [0.15, 0.2) is 11.6 Å². The fourth-order valence-electron chi connectivity index (χ4n) is 1.14. The molecule has 0 aliphatic carbocycles. The van der Waals surface area contributed by atoms with Gasteiger partial charge in [-0.25, -0.2) is 4.39 Å². The number of anilines is 1. The fraction of sp³-hybridized carbons (Fsp3) is 0.222. The lowest BCUT2D eigenvalue weighted by atomic mass is 10.1. The molecule has 0 saturated heterocycles. The van der Waals surface area contributed by atoms with Crippen molar-refractivity contribution < 1.29 is 9.13 Å². The molecule has 74 valence electrons. The van der Waals surface area contributed by atoms with Crippen molar-refractivity contribution in [2.75, 3.05) is 12.8 Å². The van der Waals surface area contributed by atoms with E-state index in [1.54, 1.807) is 6.92 Å². The zero-order valence-electron chi connectivity index (χ0n) is 7.69. The maximum absolute atomic E-state index is 13.4. The second kappa shape index (κ2) is 3.84. The molecule has 14 heavy (non-hydrogen) atoms. The number of rotatable bonds is 1. The lowest BCUT2D eigenvalue weighted by Gasteiger charge is -2.11. The Morgan fingerprint density at radius 1 is 1.57 bits per heavy atom. The number of nitriles is 1. The molecule has 3 nitrogen and oxygen atoms in total. The number of halogens is 2. The molecular formula is C9H8BrFN2O. The molecule has 0 spiro atoms. The predicted octanol–water partition coefficient (Wildman–Crippen LogP) is 2.36. The molecule has 0 amide bonds. The van der Waals surface area contributed by atoms with Crippen LogP contribution in [-0.4, -0.2) is 7.11 Å². The summed E-state index contributed by atoms with van der Waals surface area (Å²) in [6, 6.07) is 1.92. The maximum atomic E-state index is 13.4. The van der Waals surface area contributed by atoms with Crippen molar-refractivity contribution in [3.05, 3.63) is 21.4 Å². The molecule has 0 atom stereocenters. The molecule has 1 aromatic carbocycles. The highest BCUT2D eigenvalue weighted by Crippen LogP contribution is 2.36. The van der Waals surface area contributed by atoms with E-state index in [1.807, 2.05) is 6.07 Å². The largest absolute Gasteiger partial charge is 0.493 e. The highest BCUT2D eigenvalue weighted by molar-refractivity contribution is 9.10. The molecule has 0 heterocycles. The Bertz CT molecular complexity index is 426. The first-order valence-corrected chi connectivity index (χ1v) is 4.55. The van der Waals surface area contributed by atoms with E-state index in [4.69, 9.17) is 15.7 Å². The van der Waals surface area contributed by atoms with E-state index < -0.39 is 5.82 Å². The van der Waals surface area contributed by atoms with Crippen molar-refractivity contribution in [3.8, 4) is 11.8 Å². The number of methoxy groups -OCH3 is 1. The quantitative estimate of drug-likeness (QED) is 0.787. The minimum Gasteiger partial charge on any atom is -0.493 e. The highest BCUT2D eigenvalue weighted by atomic mass is 79.9. The summed E-state index contributed by atoms with van der Waals surface area (Å²) in [5.74, 6) is -0.510. The lowest BCUT2D eigenvalue weighted by molar-refractivity contribution is 0.412. The first-order chi connectivity index (χ1) is 6.54. The Hall–Kier alpha value is -1.28. The Morgan fingerprint density at radius 2 is 2.14 bits per heavy atom. The number of hydrogen-bond acceptors (Lipinski definition) is 3. The van der Waals surface area contributed by atoms with Gasteiger partial charge in [-0.1, -0.05) is 0 Å². The summed E-state index contributed by atoms with van der Waals surface area (Å²) in [5, 5.41) is 8.84. The molecular weight excluding hydrogens is 251 g/mol. The summed E-state index contributed by atoms with van der Waals surface area (Å²) in [4.78, 5) is 0. The van der Waals surface area contributed by atoms with Gasteiger partial charge in [0, 0.05) is 0 Å². The second-order valence-electron chi connectivity index (χ2n) is 2.69. The molecule has 0 fully saturated rings. The summed E-state index contributed by atoms with van der Waals surface area (Å²) in [5.41, 5.74) is 6.04. The molecule has 1 rings (SSSR count). The van der Waals surface area contributed by atoms with E-state index in [9.17, 15) is 4.39 Å². The predicted molar refractivity (Wildman–Crippen MR) is 54.5 cm³/mol. The van der Waals surface area contributed by atoms with Gasteiger partial charge in [-0.15, -0.1) is 0 Å². The molecule has 0 saturated carbocycles. The van der Waals surface area contributed by atoms with Crippen molar-refractivity contribution >= 4 is 21.6 Å². The number of hydrogen-bond donors (Lipinski definition) is 1. The van der Waals surface area contributed by atoms with Crippen molar-refractivity contribution in [2.24, 2.45) is 0 Å². The summed E-state index contributed by atoms with van der Waals surface area (Å²) in [6.07, 6.45) is 0. The average molecular weight is 259 g/mol. The standard InChI is InChI=1S/C9H8BrFN2O/c1-4-5(3-12)9(14-2)8(13)7(11)6(4)10/h13H2,1-2H3. The monoisotopic (exact) mass is 258 g/mol. The van der Waals surface area contributed by atoms with Crippen molar-refractivity contribution in [1.82, 2.24) is 0 Å². The van der Waals surface area contributed by atoms with Gasteiger partial charge in [0.1, 0.15) is 17.3 Å². The van der Waals surface area contributed by atoms with Gasteiger partial charge >= 0.3 is 0 Å². The molecule has 1 aromatic rings. The third-order valence-corrected chi connectivity index (χ3v) is 2.86. The van der Waals surface area contributed by atoms with E-state index in [0.717, 1.165) is 0 Å². The third-order valence-electron chi connectivity index (χ3n) is 1.92. The SMILES string of the molecule is COc1c(N)c(F)c(Br)c(C)c1C#N. The summed E-state index contributed by atoms with van der Waals surface area (Å²) < 4.78 is 18.5. The van der Waals surface area contributed by atoms with Crippen LogP contribution in [0.3, 0.4) is 0 Å². The average Bonchev–Trinajstić information content (AvgIpc) is 2.20. The van der Waals surface area contributed by atoms with Crippen LogP contribution < -0.4 is 10.5 Å². The summed E-state index contributed by atoms with van der Waals surface area (Å²) in [6.45, 7) is 1.62. The lowest BCUT2D eigenvalue weighted by Crippen LogP contribution is -2.02. The van der Waals surface area contributed by atoms with Crippen LogP contribution >= 0.6 is 15.9 Å². The minimum absolute atomic E-state index is 0.0886. The zero-order valence-corrected chi connectivity index (χ0v) is 9.27. The van der Waals surface area contributed by atoms with Crippen LogP contribution in [0.4, 0.5) is 10.1 Å². The van der Waals surface area contributed by atoms with Crippen LogP contribution in [0.1, 0.15) is 11.1 Å². The Kier molecular flexibility index (Phi) is 2.96. The molecule has 5 heteroatoms. The van der Waals surface area contributed by atoms with Gasteiger partial charge in [0.2, 0.25) is 0 Å². The highest BCUT2D eigenvalue weighted by Gasteiger charge is 2.19. The van der Waals surface area contributed by atoms with Gasteiger partial charge in [-0.05, 0) is 28.4 Å². The molecule has 0 unspecified atom stereocenters. The number of benzene rings is 1. The van der Waals surface area contributed by atoms with E-state index >= 15 is 0 Å². The number of ether oxygens (including phenoxy) is 1. The molecule has 0 bridgehead atoms. The van der Waals surface area contributed by atoms with Gasteiger partial charge < -0.3 is 10.5 Å². The Balaban J connectivity index is 3.68. The van der Waals surface area contributed by atoms with Crippen LogP contribution in [0.5, 0.6) is 5.75 Å². The molecule has 0 aromatic heterocycles. The van der Waals surface area contributed by atoms with Gasteiger partial charge in [0.25, 0.3) is 0 Å². The summed E-state index contributed by atoms with van der Waals surface area (Å²) >= 11 is 3.02. The van der Waals surface area contributed by atoms with Crippen LogP contribution in [0.25, 0.3) is 0 Å². The number of nitrogen functional groups attached to an aromatic ring is 1. The Labute approximate surface area is 89.4 Å². The first kappa shape index (κ1) is 10.8. The normalized spacial score (nSPS) is 9.64. The van der Waals surface area contributed by atoms with E-state index in [2.05, 4.69) is 15.9 Å². The van der Waals surface area contributed by atoms with Crippen LogP contribution in [0, 0.1) is 24.1 Å². The smallest absolute Gasteiger partial charge is 0.164 e. The van der Waals surface area contributed by atoms with Crippen molar-refractivity contribution in [3.63, 3.8) is 0 Å². The maximum Gasteiger partial charge on any atom is 0.164 e. The molecule has 0 aliphatic rings. The summed E-state index contributed by atoms with van der Waals surface area (Å²) in [7, 11) is 1.35. The van der Waals surface area contributed by atoms with Crippen LogP contribution in [0.15, 0.2) is 4.47 Å². The number of nitrogens with zero attached hydrogens (tertiary/aromatic N) is 1. The van der Waals surface area contributed by atoms with E-state index in [-0.39, 0.29) is 21.5 Å². The van der Waals surface area contributed by atoms with Gasteiger partial charge in [0.05, 0.1) is 11.6 Å². The molecule has 2 N–H and O–H groups in total. The first-order valence-electron chi connectivity index (χ1n) is 3.75.